The van der Waals surface area contributed by atoms with Gasteiger partial charge < -0.3 is 4.74 Å². The fourth-order valence-electron chi connectivity index (χ4n) is 2.85. The van der Waals surface area contributed by atoms with Crippen molar-refractivity contribution < 1.29 is 13.9 Å². The molecule has 10 heteroatoms. The van der Waals surface area contributed by atoms with Crippen molar-refractivity contribution in [2.75, 3.05) is 7.11 Å². The Morgan fingerprint density at radius 1 is 1.37 bits per heavy atom. The molecule has 1 aliphatic heterocycles. The summed E-state index contributed by atoms with van der Waals surface area (Å²) in [5.41, 5.74) is 0.353. The van der Waals surface area contributed by atoms with E-state index in [4.69, 9.17) is 28.6 Å². The van der Waals surface area contributed by atoms with Gasteiger partial charge >= 0.3 is 10.8 Å². The molecule has 0 N–H and O–H groups in total. The number of methoxy groups -OCH3 is 1. The Morgan fingerprint density at radius 3 is 2.70 bits per heavy atom. The number of carbonyl (C=O) groups excluding carboxylic acids is 1. The van der Waals surface area contributed by atoms with Crippen molar-refractivity contribution in [1.82, 2.24) is 9.36 Å². The summed E-state index contributed by atoms with van der Waals surface area (Å²) < 4.78 is 22.5. The average Bonchev–Trinajstić information content (AvgIpc) is 2.98. The van der Waals surface area contributed by atoms with E-state index in [-0.39, 0.29) is 20.4 Å². The molecule has 3 rings (SSSR count). The van der Waals surface area contributed by atoms with E-state index in [1.165, 1.54) is 13.2 Å². The highest BCUT2D eigenvalue weighted by Gasteiger charge is 2.23. The molecule has 1 unspecified atom stereocenters. The number of carbonyl (C=O) groups is 1. The molecule has 1 aromatic heterocycles. The van der Waals surface area contributed by atoms with Crippen LogP contribution in [0.3, 0.4) is 0 Å². The third kappa shape index (κ3) is 3.90. The van der Waals surface area contributed by atoms with Crippen molar-refractivity contribution in [1.29, 1.82) is 0 Å². The summed E-state index contributed by atoms with van der Waals surface area (Å²) in [5, 5.41) is 0.0898. The zero-order chi connectivity index (χ0) is 19.7. The smallest absolute Gasteiger partial charge is 0.325 e. The molecule has 2 heterocycles. The van der Waals surface area contributed by atoms with Gasteiger partial charge in [-0.05, 0) is 43.2 Å². The fraction of sp³-hybridized carbons (Fsp3) is 0.412. The Balaban J connectivity index is 2.09. The molecular formula is C17H17ClFN3O3S2. The standard InChI is InChI=1S/C17H17ClFN3O3S2/c1-9(15(23)25-2)14(26)10-7-13(12(19)8-11(10)18)20-16-21-5-3-4-6-22(21)17(24)27-16/h7-9H,3-6H2,1-2H3/b20-16+. The number of benzene rings is 1. The number of esters is 1. The van der Waals surface area contributed by atoms with E-state index in [1.54, 1.807) is 16.3 Å². The second-order valence-corrected chi connectivity index (χ2v) is 7.87. The molecule has 0 amide bonds. The lowest BCUT2D eigenvalue weighted by Gasteiger charge is -2.16. The Kier molecular flexibility index (Phi) is 5.92. The molecule has 6 nitrogen and oxygen atoms in total. The largest absolute Gasteiger partial charge is 0.469 e. The lowest BCUT2D eigenvalue weighted by atomic mass is 10.00. The maximum absolute atomic E-state index is 14.4. The van der Waals surface area contributed by atoms with E-state index < -0.39 is 17.7 Å². The van der Waals surface area contributed by atoms with Gasteiger partial charge in [-0.25, -0.2) is 14.1 Å². The summed E-state index contributed by atoms with van der Waals surface area (Å²) in [6.07, 6.45) is 1.85. The van der Waals surface area contributed by atoms with E-state index in [0.29, 0.717) is 23.5 Å². The maximum Gasteiger partial charge on any atom is 0.325 e. The van der Waals surface area contributed by atoms with Crippen molar-refractivity contribution in [3.8, 4) is 0 Å². The Hall–Kier alpha value is -1.84. The number of nitrogens with zero attached hydrogens (tertiary/aromatic N) is 3. The first-order chi connectivity index (χ1) is 12.8. The van der Waals surface area contributed by atoms with Gasteiger partial charge in [-0.2, -0.15) is 0 Å². The molecule has 0 radical (unpaired) electrons. The normalized spacial score (nSPS) is 15.3. The molecule has 27 heavy (non-hydrogen) atoms. The molecule has 0 saturated heterocycles. The zero-order valence-electron chi connectivity index (χ0n) is 14.7. The van der Waals surface area contributed by atoms with Crippen LogP contribution in [0.5, 0.6) is 0 Å². The van der Waals surface area contributed by atoms with Gasteiger partial charge in [0.1, 0.15) is 11.5 Å². The molecule has 2 aromatic rings. The first-order valence-corrected chi connectivity index (χ1v) is 9.90. The number of halogens is 2. The SMILES string of the molecule is COC(=O)C(C)C(=S)c1cc(/N=c2/sc(=O)n3n2CCCC3)c(F)cc1Cl. The van der Waals surface area contributed by atoms with Gasteiger partial charge in [0.2, 0.25) is 4.80 Å². The van der Waals surface area contributed by atoms with Crippen LogP contribution in [0.4, 0.5) is 10.1 Å². The number of ether oxygens (including phenoxy) is 1. The van der Waals surface area contributed by atoms with Crippen molar-refractivity contribution in [3.63, 3.8) is 0 Å². The van der Waals surface area contributed by atoms with Crippen molar-refractivity contribution >= 4 is 51.7 Å². The van der Waals surface area contributed by atoms with Crippen LogP contribution in [-0.2, 0) is 22.6 Å². The Morgan fingerprint density at radius 2 is 2.04 bits per heavy atom. The van der Waals surface area contributed by atoms with Gasteiger partial charge in [-0.15, -0.1) is 0 Å². The minimum Gasteiger partial charge on any atom is -0.469 e. The number of thiocarbonyl (C=S) groups is 1. The van der Waals surface area contributed by atoms with Gasteiger partial charge in [0.25, 0.3) is 0 Å². The average molecular weight is 430 g/mol. The van der Waals surface area contributed by atoms with E-state index in [1.807, 2.05) is 0 Å². The van der Waals surface area contributed by atoms with Crippen LogP contribution in [-0.4, -0.2) is 27.3 Å². The Bertz CT molecular complexity index is 1040. The summed E-state index contributed by atoms with van der Waals surface area (Å²) in [7, 11) is 1.27. The molecule has 1 aromatic carbocycles. The van der Waals surface area contributed by atoms with Crippen molar-refractivity contribution in [2.24, 2.45) is 10.9 Å². The summed E-state index contributed by atoms with van der Waals surface area (Å²) in [6.45, 7) is 2.87. The topological polar surface area (TPSA) is 65.6 Å². The summed E-state index contributed by atoms with van der Waals surface area (Å²) in [6, 6.07) is 2.52. The van der Waals surface area contributed by atoms with E-state index in [0.717, 1.165) is 30.2 Å². The van der Waals surface area contributed by atoms with Crippen LogP contribution in [0, 0.1) is 11.7 Å². The first kappa shape index (κ1) is 19.9. The molecule has 0 fully saturated rings. The van der Waals surface area contributed by atoms with Crippen LogP contribution >= 0.6 is 35.2 Å². The third-order valence-corrected chi connectivity index (χ3v) is 6.11. The highest BCUT2D eigenvalue weighted by atomic mass is 35.5. The number of fused-ring (bicyclic) bond motifs is 1. The predicted octanol–water partition coefficient (Wildman–Crippen LogP) is 3.06. The zero-order valence-corrected chi connectivity index (χ0v) is 17.1. The lowest BCUT2D eigenvalue weighted by Crippen LogP contribution is -2.31. The second-order valence-electron chi connectivity index (χ2n) is 6.11. The quantitative estimate of drug-likeness (QED) is 0.425. The Labute approximate surface area is 168 Å². The van der Waals surface area contributed by atoms with Crippen LogP contribution in [0.25, 0.3) is 0 Å². The first-order valence-electron chi connectivity index (χ1n) is 8.30. The van der Waals surface area contributed by atoms with E-state index in [9.17, 15) is 14.0 Å². The van der Waals surface area contributed by atoms with Crippen LogP contribution in [0.15, 0.2) is 21.9 Å². The number of rotatable bonds is 4. The number of hydrogen-bond donors (Lipinski definition) is 0. The monoisotopic (exact) mass is 429 g/mol. The maximum atomic E-state index is 14.4. The fourth-order valence-corrected chi connectivity index (χ4v) is 4.31. The molecule has 1 aliphatic rings. The molecule has 0 spiro atoms. The summed E-state index contributed by atoms with van der Waals surface area (Å²) >= 11 is 12.4. The van der Waals surface area contributed by atoms with Gasteiger partial charge in [0.05, 0.1) is 18.1 Å². The lowest BCUT2D eigenvalue weighted by molar-refractivity contribution is -0.142. The summed E-state index contributed by atoms with van der Waals surface area (Å²) in [4.78, 5) is 28.7. The molecular weight excluding hydrogens is 413 g/mol. The van der Waals surface area contributed by atoms with Crippen LogP contribution in [0.2, 0.25) is 5.02 Å². The molecule has 0 aliphatic carbocycles. The van der Waals surface area contributed by atoms with Crippen LogP contribution < -0.4 is 9.67 Å². The van der Waals surface area contributed by atoms with Crippen molar-refractivity contribution in [2.45, 2.75) is 32.9 Å². The van der Waals surface area contributed by atoms with Gasteiger partial charge in [0.15, 0.2) is 0 Å². The van der Waals surface area contributed by atoms with E-state index in [2.05, 4.69) is 4.99 Å². The highest BCUT2D eigenvalue weighted by molar-refractivity contribution is 7.81. The van der Waals surface area contributed by atoms with E-state index >= 15 is 0 Å². The molecule has 0 bridgehead atoms. The van der Waals surface area contributed by atoms with Gasteiger partial charge in [-0.1, -0.05) is 23.8 Å². The molecule has 1 atom stereocenters. The van der Waals surface area contributed by atoms with Gasteiger partial charge in [-0.3, -0.25) is 14.3 Å². The minimum atomic E-state index is -0.714. The van der Waals surface area contributed by atoms with Crippen molar-refractivity contribution in [3.05, 3.63) is 43.0 Å². The number of aromatic nitrogens is 2. The minimum absolute atomic E-state index is 0.0107. The third-order valence-electron chi connectivity index (χ3n) is 4.36. The second kappa shape index (κ2) is 8.04. The number of hydrogen-bond acceptors (Lipinski definition) is 6. The van der Waals surface area contributed by atoms with Crippen LogP contribution in [0.1, 0.15) is 25.3 Å². The molecule has 144 valence electrons. The predicted molar refractivity (Wildman–Crippen MR) is 105 cm³/mol. The highest BCUT2D eigenvalue weighted by Crippen LogP contribution is 2.29. The summed E-state index contributed by atoms with van der Waals surface area (Å²) in [5.74, 6) is -1.85. The molecule has 0 saturated carbocycles. The van der Waals surface area contributed by atoms with Gasteiger partial charge in [0, 0.05) is 23.5 Å².